The van der Waals surface area contributed by atoms with Gasteiger partial charge in [-0.05, 0) is 33.8 Å². The van der Waals surface area contributed by atoms with Crippen molar-refractivity contribution in [3.63, 3.8) is 0 Å². The fraction of sp³-hybridized carbons (Fsp3) is 0.438. The Morgan fingerprint density at radius 3 is 2.67 bits per heavy atom. The standard InChI is InChI=1S/C16H20FN3O4/c1-5-23-14(21)9-20-8-10-6-13(11(17)7-12(10)19-20)18-15(22)24-16(2,3)4/h6-8H,5,9H2,1-4H3,(H,18,22). The zero-order chi connectivity index (χ0) is 17.9. The highest BCUT2D eigenvalue weighted by Gasteiger charge is 2.18. The highest BCUT2D eigenvalue weighted by Crippen LogP contribution is 2.23. The molecule has 0 spiro atoms. The summed E-state index contributed by atoms with van der Waals surface area (Å²) in [6.45, 7) is 7.06. The van der Waals surface area contributed by atoms with Crippen molar-refractivity contribution in [3.8, 4) is 0 Å². The first kappa shape index (κ1) is 17.7. The number of benzene rings is 1. The largest absolute Gasteiger partial charge is 0.465 e. The quantitative estimate of drug-likeness (QED) is 0.867. The van der Waals surface area contributed by atoms with Crippen LogP contribution >= 0.6 is 0 Å². The lowest BCUT2D eigenvalue weighted by molar-refractivity contribution is -0.144. The first-order chi connectivity index (χ1) is 11.2. The van der Waals surface area contributed by atoms with E-state index >= 15 is 0 Å². The lowest BCUT2D eigenvalue weighted by Crippen LogP contribution is -2.27. The molecule has 2 rings (SSSR count). The summed E-state index contributed by atoms with van der Waals surface area (Å²) in [6.07, 6.45) is 0.825. The van der Waals surface area contributed by atoms with Gasteiger partial charge in [-0.2, -0.15) is 5.10 Å². The van der Waals surface area contributed by atoms with Crippen LogP contribution in [-0.4, -0.2) is 34.1 Å². The molecule has 0 saturated heterocycles. The van der Waals surface area contributed by atoms with Gasteiger partial charge in [-0.1, -0.05) is 0 Å². The van der Waals surface area contributed by atoms with Crippen molar-refractivity contribution in [1.29, 1.82) is 0 Å². The number of rotatable bonds is 4. The van der Waals surface area contributed by atoms with Gasteiger partial charge >= 0.3 is 12.1 Å². The second kappa shape index (κ2) is 6.86. The minimum Gasteiger partial charge on any atom is -0.465 e. The van der Waals surface area contributed by atoms with Crippen LogP contribution in [0.1, 0.15) is 27.7 Å². The van der Waals surface area contributed by atoms with Crippen molar-refractivity contribution in [2.75, 3.05) is 11.9 Å². The molecule has 0 unspecified atom stereocenters. The Balaban J connectivity index is 2.19. The number of amides is 1. The molecule has 0 aliphatic rings. The summed E-state index contributed by atoms with van der Waals surface area (Å²) in [6, 6.07) is 2.62. The Kier molecular flexibility index (Phi) is 5.06. The maximum atomic E-state index is 14.1. The highest BCUT2D eigenvalue weighted by molar-refractivity contribution is 5.90. The number of esters is 1. The third-order valence-electron chi connectivity index (χ3n) is 2.87. The molecule has 0 radical (unpaired) electrons. The Morgan fingerprint density at radius 2 is 2.04 bits per heavy atom. The van der Waals surface area contributed by atoms with Gasteiger partial charge in [-0.25, -0.2) is 9.18 Å². The number of fused-ring (bicyclic) bond motifs is 1. The van der Waals surface area contributed by atoms with Crippen LogP contribution in [0.5, 0.6) is 0 Å². The van der Waals surface area contributed by atoms with E-state index in [4.69, 9.17) is 9.47 Å². The normalized spacial score (nSPS) is 11.4. The number of carbonyl (C=O) groups is 2. The summed E-state index contributed by atoms with van der Waals surface area (Å²) in [4.78, 5) is 23.2. The van der Waals surface area contributed by atoms with Gasteiger partial charge in [-0.3, -0.25) is 14.8 Å². The molecule has 24 heavy (non-hydrogen) atoms. The number of halogens is 1. The second-order valence-electron chi connectivity index (χ2n) is 6.15. The summed E-state index contributed by atoms with van der Waals surface area (Å²) in [5.74, 6) is -1.08. The summed E-state index contributed by atoms with van der Waals surface area (Å²) in [5, 5.41) is 7.05. The van der Waals surface area contributed by atoms with Crippen molar-refractivity contribution in [2.45, 2.75) is 39.8 Å². The molecule has 1 aromatic heterocycles. The number of hydrogen-bond acceptors (Lipinski definition) is 5. The van der Waals surface area contributed by atoms with Gasteiger partial charge in [-0.15, -0.1) is 0 Å². The molecule has 130 valence electrons. The SMILES string of the molecule is CCOC(=O)Cn1cc2cc(NC(=O)OC(C)(C)C)c(F)cc2n1. The van der Waals surface area contributed by atoms with Gasteiger partial charge in [0.15, 0.2) is 0 Å². The molecule has 1 N–H and O–H groups in total. The van der Waals surface area contributed by atoms with Crippen molar-refractivity contribution in [1.82, 2.24) is 9.78 Å². The van der Waals surface area contributed by atoms with Crippen molar-refractivity contribution in [3.05, 3.63) is 24.1 Å². The summed E-state index contributed by atoms with van der Waals surface area (Å²) >= 11 is 0. The zero-order valence-electron chi connectivity index (χ0n) is 14.1. The van der Waals surface area contributed by atoms with Gasteiger partial charge in [0.25, 0.3) is 0 Å². The first-order valence-corrected chi connectivity index (χ1v) is 7.50. The van der Waals surface area contributed by atoms with E-state index in [0.29, 0.717) is 10.9 Å². The summed E-state index contributed by atoms with van der Waals surface area (Å²) in [5.41, 5.74) is -0.339. The Morgan fingerprint density at radius 1 is 1.33 bits per heavy atom. The molecule has 2 aromatic rings. The minimum absolute atomic E-state index is 0.0209. The second-order valence-corrected chi connectivity index (χ2v) is 6.15. The Bertz CT molecular complexity index is 765. The van der Waals surface area contributed by atoms with Crippen LogP contribution in [0.15, 0.2) is 18.3 Å². The molecule has 0 saturated carbocycles. The molecule has 7 nitrogen and oxygen atoms in total. The average molecular weight is 337 g/mol. The first-order valence-electron chi connectivity index (χ1n) is 7.50. The number of nitrogens with zero attached hydrogens (tertiary/aromatic N) is 2. The molecule has 1 amide bonds. The van der Waals surface area contributed by atoms with E-state index < -0.39 is 23.5 Å². The average Bonchev–Trinajstić information content (AvgIpc) is 2.78. The van der Waals surface area contributed by atoms with E-state index in [-0.39, 0.29) is 18.8 Å². The van der Waals surface area contributed by atoms with E-state index in [1.807, 2.05) is 0 Å². The molecule has 1 heterocycles. The van der Waals surface area contributed by atoms with E-state index in [1.165, 1.54) is 16.8 Å². The number of anilines is 1. The predicted octanol–water partition coefficient (Wildman–Crippen LogP) is 3.09. The fourth-order valence-electron chi connectivity index (χ4n) is 2.03. The number of carbonyl (C=O) groups excluding carboxylic acids is 2. The van der Waals surface area contributed by atoms with Crippen molar-refractivity contribution in [2.24, 2.45) is 0 Å². The highest BCUT2D eigenvalue weighted by atomic mass is 19.1. The minimum atomic E-state index is -0.750. The maximum Gasteiger partial charge on any atom is 0.412 e. The number of aromatic nitrogens is 2. The van der Waals surface area contributed by atoms with Crippen molar-refractivity contribution < 1.29 is 23.5 Å². The molecule has 1 aromatic carbocycles. The fourth-order valence-corrected chi connectivity index (χ4v) is 2.03. The van der Waals surface area contributed by atoms with Crippen LogP contribution in [-0.2, 0) is 20.8 Å². The summed E-state index contributed by atoms with van der Waals surface area (Å²) < 4.78 is 25.4. The smallest absolute Gasteiger partial charge is 0.412 e. The van der Waals surface area contributed by atoms with E-state index in [2.05, 4.69) is 10.4 Å². The molecular formula is C16H20FN3O4. The van der Waals surface area contributed by atoms with Gasteiger partial charge in [0, 0.05) is 17.6 Å². The van der Waals surface area contributed by atoms with Crippen LogP contribution < -0.4 is 5.32 Å². The van der Waals surface area contributed by atoms with Crippen LogP contribution in [0.4, 0.5) is 14.9 Å². The van der Waals surface area contributed by atoms with Crippen LogP contribution in [0.3, 0.4) is 0 Å². The van der Waals surface area contributed by atoms with Crippen LogP contribution in [0.25, 0.3) is 10.9 Å². The lowest BCUT2D eigenvalue weighted by Gasteiger charge is -2.19. The third kappa shape index (κ3) is 4.68. The molecule has 0 atom stereocenters. The topological polar surface area (TPSA) is 82.5 Å². The number of ether oxygens (including phenoxy) is 2. The maximum absolute atomic E-state index is 14.1. The van der Waals surface area contributed by atoms with E-state index in [1.54, 1.807) is 33.9 Å². The molecule has 8 heteroatoms. The molecule has 0 fully saturated rings. The summed E-state index contributed by atoms with van der Waals surface area (Å²) in [7, 11) is 0. The van der Waals surface area contributed by atoms with Gasteiger partial charge in [0.2, 0.25) is 0 Å². The van der Waals surface area contributed by atoms with Crippen LogP contribution in [0.2, 0.25) is 0 Å². The van der Waals surface area contributed by atoms with E-state index in [9.17, 15) is 14.0 Å². The lowest BCUT2D eigenvalue weighted by atomic mass is 10.2. The van der Waals surface area contributed by atoms with Gasteiger partial charge in [0.1, 0.15) is 18.0 Å². The predicted molar refractivity (Wildman–Crippen MR) is 86.2 cm³/mol. The molecule has 0 bridgehead atoms. The zero-order valence-corrected chi connectivity index (χ0v) is 14.1. The Hall–Kier alpha value is -2.64. The molecule has 0 aliphatic carbocycles. The Labute approximate surface area is 138 Å². The molecule has 0 aliphatic heterocycles. The van der Waals surface area contributed by atoms with E-state index in [0.717, 1.165) is 0 Å². The third-order valence-corrected chi connectivity index (χ3v) is 2.87. The molecular weight excluding hydrogens is 317 g/mol. The number of nitrogens with one attached hydrogen (secondary N) is 1. The van der Waals surface area contributed by atoms with Gasteiger partial charge in [0.05, 0.1) is 17.8 Å². The number of hydrogen-bond donors (Lipinski definition) is 1. The van der Waals surface area contributed by atoms with Crippen molar-refractivity contribution >= 4 is 28.7 Å². The van der Waals surface area contributed by atoms with Crippen LogP contribution in [0, 0.1) is 5.82 Å². The monoisotopic (exact) mass is 337 g/mol. The van der Waals surface area contributed by atoms with Gasteiger partial charge < -0.3 is 9.47 Å².